The van der Waals surface area contributed by atoms with Gasteiger partial charge in [-0.1, -0.05) is 13.8 Å². The minimum absolute atomic E-state index is 0.0722. The summed E-state index contributed by atoms with van der Waals surface area (Å²) in [7, 11) is 0. The molecule has 122 valence electrons. The van der Waals surface area contributed by atoms with Crippen LogP contribution in [0.3, 0.4) is 0 Å². The SMILES string of the molecule is CC(C)CC(=O)Nc1ccc(NCCN2CCOCC2)cc1. The summed E-state index contributed by atoms with van der Waals surface area (Å²) in [6, 6.07) is 7.89. The Balaban J connectivity index is 1.70. The minimum atomic E-state index is 0.0722. The highest BCUT2D eigenvalue weighted by molar-refractivity contribution is 5.90. The highest BCUT2D eigenvalue weighted by Crippen LogP contribution is 2.14. The van der Waals surface area contributed by atoms with E-state index in [-0.39, 0.29) is 5.91 Å². The Morgan fingerprint density at radius 1 is 1.18 bits per heavy atom. The Hall–Kier alpha value is -1.59. The van der Waals surface area contributed by atoms with Gasteiger partial charge in [-0.25, -0.2) is 0 Å². The molecule has 5 heteroatoms. The van der Waals surface area contributed by atoms with E-state index in [1.54, 1.807) is 0 Å². The summed E-state index contributed by atoms with van der Waals surface area (Å²) in [5.41, 5.74) is 1.93. The molecule has 1 saturated heterocycles. The predicted molar refractivity (Wildman–Crippen MR) is 90.3 cm³/mol. The molecule has 0 spiro atoms. The summed E-state index contributed by atoms with van der Waals surface area (Å²) in [5, 5.41) is 6.33. The van der Waals surface area contributed by atoms with Crippen LogP contribution < -0.4 is 10.6 Å². The molecule has 5 nitrogen and oxygen atoms in total. The number of morpholine rings is 1. The smallest absolute Gasteiger partial charge is 0.224 e. The summed E-state index contributed by atoms with van der Waals surface area (Å²) in [5.74, 6) is 0.448. The Morgan fingerprint density at radius 3 is 2.45 bits per heavy atom. The van der Waals surface area contributed by atoms with Gasteiger partial charge in [0.15, 0.2) is 0 Å². The first-order valence-corrected chi connectivity index (χ1v) is 8.07. The van der Waals surface area contributed by atoms with Gasteiger partial charge >= 0.3 is 0 Å². The summed E-state index contributed by atoms with van der Waals surface area (Å²) in [6.07, 6.45) is 0.555. The van der Waals surface area contributed by atoms with Crippen LogP contribution in [-0.4, -0.2) is 50.2 Å². The van der Waals surface area contributed by atoms with Crippen LogP contribution in [0.2, 0.25) is 0 Å². The number of amides is 1. The first-order chi connectivity index (χ1) is 10.6. The largest absolute Gasteiger partial charge is 0.384 e. The van der Waals surface area contributed by atoms with Crippen molar-refractivity contribution in [2.75, 3.05) is 50.0 Å². The van der Waals surface area contributed by atoms with Crippen LogP contribution >= 0.6 is 0 Å². The van der Waals surface area contributed by atoms with Crippen molar-refractivity contribution in [3.63, 3.8) is 0 Å². The lowest BCUT2D eigenvalue weighted by Gasteiger charge is -2.26. The van der Waals surface area contributed by atoms with Crippen molar-refractivity contribution in [1.29, 1.82) is 0 Å². The lowest BCUT2D eigenvalue weighted by Crippen LogP contribution is -2.38. The molecule has 22 heavy (non-hydrogen) atoms. The van der Waals surface area contributed by atoms with E-state index in [1.807, 2.05) is 38.1 Å². The van der Waals surface area contributed by atoms with E-state index in [0.29, 0.717) is 12.3 Å². The van der Waals surface area contributed by atoms with Gasteiger partial charge in [0.1, 0.15) is 0 Å². The van der Waals surface area contributed by atoms with Gasteiger partial charge in [-0.2, -0.15) is 0 Å². The first-order valence-electron chi connectivity index (χ1n) is 8.07. The highest BCUT2D eigenvalue weighted by Gasteiger charge is 2.09. The van der Waals surface area contributed by atoms with Gasteiger partial charge in [0.05, 0.1) is 13.2 Å². The van der Waals surface area contributed by atoms with E-state index in [4.69, 9.17) is 4.74 Å². The van der Waals surface area contributed by atoms with Crippen LogP contribution in [0.5, 0.6) is 0 Å². The zero-order valence-electron chi connectivity index (χ0n) is 13.6. The minimum Gasteiger partial charge on any atom is -0.384 e. The van der Waals surface area contributed by atoms with Gasteiger partial charge in [0, 0.05) is 44.0 Å². The van der Waals surface area contributed by atoms with Gasteiger partial charge in [0.25, 0.3) is 0 Å². The average Bonchev–Trinajstić information content (AvgIpc) is 2.49. The molecule has 0 atom stereocenters. The Kier molecular flexibility index (Phi) is 6.68. The lowest BCUT2D eigenvalue weighted by molar-refractivity contribution is -0.116. The third kappa shape index (κ3) is 6.03. The van der Waals surface area contributed by atoms with Crippen molar-refractivity contribution >= 4 is 17.3 Å². The lowest BCUT2D eigenvalue weighted by atomic mass is 10.1. The second-order valence-corrected chi connectivity index (χ2v) is 6.10. The Labute approximate surface area is 133 Å². The van der Waals surface area contributed by atoms with Gasteiger partial charge in [-0.05, 0) is 30.2 Å². The van der Waals surface area contributed by atoms with Crippen LogP contribution in [0.15, 0.2) is 24.3 Å². The zero-order chi connectivity index (χ0) is 15.8. The zero-order valence-corrected chi connectivity index (χ0v) is 13.6. The average molecular weight is 305 g/mol. The molecule has 1 aromatic rings. The number of carbonyl (C=O) groups excluding carboxylic acids is 1. The molecule has 1 heterocycles. The molecule has 0 bridgehead atoms. The normalized spacial score (nSPS) is 15.8. The summed E-state index contributed by atoms with van der Waals surface area (Å²) >= 11 is 0. The fourth-order valence-corrected chi connectivity index (χ4v) is 2.44. The molecule has 1 amide bonds. The van der Waals surface area contributed by atoms with Crippen LogP contribution in [0.25, 0.3) is 0 Å². The number of nitrogens with one attached hydrogen (secondary N) is 2. The van der Waals surface area contributed by atoms with Crippen LogP contribution in [0.1, 0.15) is 20.3 Å². The second kappa shape index (κ2) is 8.76. The maximum Gasteiger partial charge on any atom is 0.224 e. The van der Waals surface area contributed by atoms with Crippen molar-refractivity contribution in [2.24, 2.45) is 5.92 Å². The highest BCUT2D eigenvalue weighted by atomic mass is 16.5. The van der Waals surface area contributed by atoms with E-state index in [2.05, 4.69) is 15.5 Å². The van der Waals surface area contributed by atoms with E-state index in [9.17, 15) is 4.79 Å². The summed E-state index contributed by atoms with van der Waals surface area (Å²) < 4.78 is 5.34. The fraction of sp³-hybridized carbons (Fsp3) is 0.588. The van der Waals surface area contributed by atoms with Crippen LogP contribution in [0.4, 0.5) is 11.4 Å². The molecule has 2 N–H and O–H groups in total. The van der Waals surface area contributed by atoms with Gasteiger partial charge in [-0.3, -0.25) is 9.69 Å². The maximum atomic E-state index is 11.7. The molecule has 0 saturated carbocycles. The fourth-order valence-electron chi connectivity index (χ4n) is 2.44. The van der Waals surface area contributed by atoms with E-state index < -0.39 is 0 Å². The first kappa shape index (κ1) is 16.8. The molecular formula is C17H27N3O2. The Bertz CT molecular complexity index is 453. The molecule has 0 radical (unpaired) electrons. The van der Waals surface area contributed by atoms with E-state index >= 15 is 0 Å². The standard InChI is InChI=1S/C17H27N3O2/c1-14(2)13-17(21)19-16-5-3-15(4-6-16)18-7-8-20-9-11-22-12-10-20/h3-6,14,18H,7-13H2,1-2H3,(H,19,21). The number of carbonyl (C=O) groups is 1. The monoisotopic (exact) mass is 305 g/mol. The number of nitrogens with zero attached hydrogens (tertiary/aromatic N) is 1. The third-order valence-electron chi connectivity index (χ3n) is 3.62. The molecule has 1 aliphatic heterocycles. The molecular weight excluding hydrogens is 278 g/mol. The number of anilines is 2. The van der Waals surface area contributed by atoms with Gasteiger partial charge in [0.2, 0.25) is 5.91 Å². The maximum absolute atomic E-state index is 11.7. The molecule has 2 rings (SSSR count). The number of rotatable bonds is 7. The number of hydrogen-bond donors (Lipinski definition) is 2. The number of ether oxygens (including phenoxy) is 1. The molecule has 0 aliphatic carbocycles. The second-order valence-electron chi connectivity index (χ2n) is 6.10. The van der Waals surface area contributed by atoms with Crippen LogP contribution in [0, 0.1) is 5.92 Å². The van der Waals surface area contributed by atoms with Crippen molar-refractivity contribution < 1.29 is 9.53 Å². The van der Waals surface area contributed by atoms with Crippen LogP contribution in [-0.2, 0) is 9.53 Å². The van der Waals surface area contributed by atoms with Gasteiger partial charge in [-0.15, -0.1) is 0 Å². The molecule has 0 unspecified atom stereocenters. The topological polar surface area (TPSA) is 53.6 Å². The van der Waals surface area contributed by atoms with Crippen molar-refractivity contribution in [3.8, 4) is 0 Å². The molecule has 1 aliphatic rings. The quantitative estimate of drug-likeness (QED) is 0.812. The Morgan fingerprint density at radius 2 is 1.82 bits per heavy atom. The molecule has 1 fully saturated rings. The predicted octanol–water partition coefficient (Wildman–Crippen LogP) is 2.42. The van der Waals surface area contributed by atoms with Crippen molar-refractivity contribution in [1.82, 2.24) is 4.90 Å². The number of hydrogen-bond acceptors (Lipinski definition) is 4. The molecule has 1 aromatic carbocycles. The van der Waals surface area contributed by atoms with E-state index in [0.717, 1.165) is 50.8 Å². The number of benzene rings is 1. The third-order valence-corrected chi connectivity index (χ3v) is 3.62. The van der Waals surface area contributed by atoms with Crippen molar-refractivity contribution in [3.05, 3.63) is 24.3 Å². The molecule has 0 aromatic heterocycles. The van der Waals surface area contributed by atoms with E-state index in [1.165, 1.54) is 0 Å². The summed E-state index contributed by atoms with van der Waals surface area (Å²) in [6.45, 7) is 9.73. The van der Waals surface area contributed by atoms with Gasteiger partial charge < -0.3 is 15.4 Å². The van der Waals surface area contributed by atoms with Crippen molar-refractivity contribution in [2.45, 2.75) is 20.3 Å². The summed E-state index contributed by atoms with van der Waals surface area (Å²) in [4.78, 5) is 14.1.